The molecule has 0 N–H and O–H groups in total. The van der Waals surface area contributed by atoms with E-state index in [1.807, 2.05) is 19.6 Å². The summed E-state index contributed by atoms with van der Waals surface area (Å²) in [5.41, 5.74) is 0. The van der Waals surface area contributed by atoms with Crippen LogP contribution < -0.4 is 0 Å². The van der Waals surface area contributed by atoms with Gasteiger partial charge in [0.2, 0.25) is 0 Å². The van der Waals surface area contributed by atoms with E-state index in [-0.39, 0.29) is 0 Å². The van der Waals surface area contributed by atoms with E-state index >= 15 is 0 Å². The number of nitrogens with zero attached hydrogens (tertiary/aromatic N) is 1. The molecule has 0 radical (unpaired) electrons. The highest BCUT2D eigenvalue weighted by Gasteiger charge is 1.69. The van der Waals surface area contributed by atoms with Gasteiger partial charge in [0, 0.05) is 7.05 Å². The SMILES string of the molecule is C=S(C)(C)=NC. The van der Waals surface area contributed by atoms with Crippen LogP contribution in [0.15, 0.2) is 4.36 Å². The van der Waals surface area contributed by atoms with Crippen LogP contribution in [0.4, 0.5) is 0 Å². The van der Waals surface area contributed by atoms with Crippen LogP contribution in [0.25, 0.3) is 0 Å². The van der Waals surface area contributed by atoms with Gasteiger partial charge in [-0.25, -0.2) is 0 Å². The third-order valence-electron chi connectivity index (χ3n) is 0.494. The Bertz CT molecular complexity index is 120. The molecule has 0 aliphatic rings. The summed E-state index contributed by atoms with van der Waals surface area (Å²) in [7, 11) is 1.02. The fourth-order valence-corrected chi connectivity index (χ4v) is 0. The molecule has 0 unspecified atom stereocenters. The van der Waals surface area contributed by atoms with Gasteiger partial charge in [0.05, 0.1) is 0 Å². The molecule has 0 bridgehead atoms. The van der Waals surface area contributed by atoms with Crippen molar-refractivity contribution in [3.05, 3.63) is 0 Å². The number of hydrogen-bond donors (Lipinski definition) is 0. The molecule has 0 aromatic carbocycles. The van der Waals surface area contributed by atoms with Gasteiger partial charge in [-0.2, -0.15) is 0 Å². The lowest BCUT2D eigenvalue weighted by Gasteiger charge is -1.91. The lowest BCUT2D eigenvalue weighted by atomic mass is 11.6. The maximum Gasteiger partial charge on any atom is 0.0340 e. The van der Waals surface area contributed by atoms with Gasteiger partial charge in [0.15, 0.2) is 0 Å². The zero-order valence-electron chi connectivity index (χ0n) is 4.56. The van der Waals surface area contributed by atoms with Crippen LogP contribution >= 0.6 is 0 Å². The van der Waals surface area contributed by atoms with Crippen LogP contribution in [-0.2, 0) is 9.41 Å². The van der Waals surface area contributed by atoms with Crippen LogP contribution in [0.3, 0.4) is 0 Å². The summed E-state index contributed by atoms with van der Waals surface area (Å²) in [6, 6.07) is 0. The summed E-state index contributed by atoms with van der Waals surface area (Å²) in [5, 5.41) is 0. The predicted molar refractivity (Wildman–Crippen MR) is 34.7 cm³/mol. The van der Waals surface area contributed by atoms with Gasteiger partial charge in [0.1, 0.15) is 0 Å². The molecule has 0 spiro atoms. The molecule has 0 amide bonds. The number of hydrogen-bond acceptors (Lipinski definition) is 1. The second kappa shape index (κ2) is 1.65. The third-order valence-corrected chi connectivity index (χ3v) is 1.48. The second-order valence-electron chi connectivity index (χ2n) is 1.66. The standard InChI is InChI=1S/C4H11NS/c1-5-6(2,3)4/h2H2,1,3-4H3. The van der Waals surface area contributed by atoms with E-state index in [0.717, 1.165) is 0 Å². The zero-order chi connectivity index (χ0) is 5.21. The van der Waals surface area contributed by atoms with E-state index in [0.29, 0.717) is 0 Å². The summed E-state index contributed by atoms with van der Waals surface area (Å²) < 4.78 is 3.99. The first-order valence-corrected chi connectivity index (χ1v) is 4.31. The summed E-state index contributed by atoms with van der Waals surface area (Å²) in [6.45, 7) is 0. The van der Waals surface area contributed by atoms with E-state index in [2.05, 4.69) is 10.2 Å². The molecule has 38 valence electrons. The van der Waals surface area contributed by atoms with Gasteiger partial charge >= 0.3 is 0 Å². The Hall–Kier alpha value is 0.0200. The average molecular weight is 105 g/mol. The van der Waals surface area contributed by atoms with Crippen molar-refractivity contribution < 1.29 is 0 Å². The van der Waals surface area contributed by atoms with Crippen molar-refractivity contribution in [1.29, 1.82) is 0 Å². The van der Waals surface area contributed by atoms with Gasteiger partial charge in [-0.1, -0.05) is 5.87 Å². The van der Waals surface area contributed by atoms with E-state index in [4.69, 9.17) is 0 Å². The molecule has 0 aliphatic heterocycles. The van der Waals surface area contributed by atoms with Gasteiger partial charge in [-0.15, -0.1) is 9.41 Å². The summed E-state index contributed by atoms with van der Waals surface area (Å²) in [4.78, 5) is 0. The zero-order valence-corrected chi connectivity index (χ0v) is 5.38. The Kier molecular flexibility index (Phi) is 1.65. The van der Waals surface area contributed by atoms with E-state index < -0.39 is 9.41 Å². The molecule has 0 aromatic rings. The monoisotopic (exact) mass is 105 g/mol. The maximum atomic E-state index is 3.99. The highest BCUT2D eigenvalue weighted by atomic mass is 32.2. The van der Waals surface area contributed by atoms with Crippen molar-refractivity contribution in [3.8, 4) is 0 Å². The largest absolute Gasteiger partial charge is 0.275 e. The second-order valence-corrected chi connectivity index (χ2v) is 4.99. The Labute approximate surface area is 40.0 Å². The minimum Gasteiger partial charge on any atom is -0.275 e. The fraction of sp³-hybridized carbons (Fsp3) is 0.750. The quantitative estimate of drug-likeness (QED) is 0.401. The average Bonchev–Trinajstić information content (AvgIpc) is 1.35. The molecule has 0 fully saturated rings. The van der Waals surface area contributed by atoms with Gasteiger partial charge in [-0.05, 0) is 12.5 Å². The molecule has 0 rings (SSSR count). The van der Waals surface area contributed by atoms with Crippen LogP contribution in [-0.4, -0.2) is 25.4 Å². The van der Waals surface area contributed by atoms with Crippen molar-refractivity contribution in [2.24, 2.45) is 4.36 Å². The molecule has 0 saturated heterocycles. The molecule has 0 saturated carbocycles. The molecule has 6 heavy (non-hydrogen) atoms. The van der Waals surface area contributed by atoms with E-state index in [9.17, 15) is 0 Å². The Morgan fingerprint density at radius 1 is 1.50 bits per heavy atom. The van der Waals surface area contributed by atoms with Crippen molar-refractivity contribution in [3.63, 3.8) is 0 Å². The molecule has 2 heteroatoms. The van der Waals surface area contributed by atoms with Crippen LogP contribution in [0.1, 0.15) is 0 Å². The van der Waals surface area contributed by atoms with Crippen molar-refractivity contribution in [2.75, 3.05) is 19.6 Å². The first-order chi connectivity index (χ1) is 2.56. The minimum absolute atomic E-state index is 0.787. The molecular formula is C4H11NS. The molecule has 0 atom stereocenters. The highest BCUT2D eigenvalue weighted by Crippen LogP contribution is 1.75. The van der Waals surface area contributed by atoms with Gasteiger partial charge in [-0.3, -0.25) is 4.36 Å². The summed E-state index contributed by atoms with van der Waals surface area (Å²) >= 11 is 0. The Balaban J connectivity index is 4.24. The maximum absolute atomic E-state index is 3.99. The van der Waals surface area contributed by atoms with Crippen LogP contribution in [0.5, 0.6) is 0 Å². The van der Waals surface area contributed by atoms with Gasteiger partial charge < -0.3 is 0 Å². The van der Waals surface area contributed by atoms with Crippen molar-refractivity contribution >= 4 is 15.3 Å². The van der Waals surface area contributed by atoms with Crippen molar-refractivity contribution in [1.82, 2.24) is 0 Å². The van der Waals surface area contributed by atoms with E-state index in [1.54, 1.807) is 0 Å². The molecule has 0 aromatic heterocycles. The first-order valence-electron chi connectivity index (χ1n) is 1.73. The number of rotatable bonds is 0. The van der Waals surface area contributed by atoms with Crippen LogP contribution in [0, 0.1) is 0 Å². The first kappa shape index (κ1) is 6.02. The Morgan fingerprint density at radius 3 is 1.67 bits per heavy atom. The van der Waals surface area contributed by atoms with Crippen LogP contribution in [0.2, 0.25) is 0 Å². The molecular weight excluding hydrogens is 94.1 g/mol. The fourth-order valence-electron chi connectivity index (χ4n) is 0. The molecule has 0 heterocycles. The molecule has 1 nitrogen and oxygen atoms in total. The highest BCUT2D eigenvalue weighted by molar-refractivity contribution is 8.01. The summed E-state index contributed by atoms with van der Waals surface area (Å²) in [6.07, 6.45) is 4.10. The Morgan fingerprint density at radius 2 is 1.67 bits per heavy atom. The topological polar surface area (TPSA) is 12.4 Å². The lowest BCUT2D eigenvalue weighted by Crippen LogP contribution is -1.86. The predicted octanol–water partition coefficient (Wildman–Crippen LogP) is 0.645. The minimum atomic E-state index is -0.787. The third kappa shape index (κ3) is 4.02. The molecule has 0 aliphatic carbocycles. The lowest BCUT2D eigenvalue weighted by molar-refractivity contribution is 1.51. The van der Waals surface area contributed by atoms with Gasteiger partial charge in [0.25, 0.3) is 0 Å². The normalized spacial score (nSPS) is 11.2. The summed E-state index contributed by atoms with van der Waals surface area (Å²) in [5.74, 6) is 3.81. The van der Waals surface area contributed by atoms with E-state index in [1.165, 1.54) is 0 Å². The van der Waals surface area contributed by atoms with Crippen molar-refractivity contribution in [2.45, 2.75) is 0 Å². The smallest absolute Gasteiger partial charge is 0.0340 e.